The number of carbonyl (C=O) groups is 3. The van der Waals surface area contributed by atoms with Crippen molar-refractivity contribution < 1.29 is 66.0 Å². The van der Waals surface area contributed by atoms with E-state index in [1.54, 1.807) is 114 Å². The van der Waals surface area contributed by atoms with Crippen molar-refractivity contribution in [2.24, 2.45) is 0 Å². The summed E-state index contributed by atoms with van der Waals surface area (Å²) in [5.74, 6) is 0.233. The van der Waals surface area contributed by atoms with Gasteiger partial charge in [-0.2, -0.15) is 8.42 Å². The highest BCUT2D eigenvalue weighted by Crippen LogP contribution is 2.48. The third-order valence-corrected chi connectivity index (χ3v) is 17.8. The van der Waals surface area contributed by atoms with Crippen molar-refractivity contribution >= 4 is 68.0 Å². The van der Waals surface area contributed by atoms with Gasteiger partial charge in [-0.15, -0.1) is 0 Å². The predicted molar refractivity (Wildman–Crippen MR) is 379 cm³/mol. The van der Waals surface area contributed by atoms with Crippen LogP contribution in [0.4, 0.5) is 17.1 Å². The number of rotatable bonds is 29. The molecule has 0 spiro atoms. The Balaban J connectivity index is 0.000000202. The summed E-state index contributed by atoms with van der Waals surface area (Å²) >= 11 is 1.82. The third kappa shape index (κ3) is 21.2. The van der Waals surface area contributed by atoms with E-state index in [9.17, 15) is 38.1 Å². The van der Waals surface area contributed by atoms with Gasteiger partial charge in [-0.05, 0) is 228 Å². The van der Waals surface area contributed by atoms with Crippen LogP contribution in [0.1, 0.15) is 105 Å². The predicted octanol–water partition coefficient (Wildman–Crippen LogP) is 17.6. The van der Waals surface area contributed by atoms with Crippen molar-refractivity contribution in [3.8, 4) is 45.6 Å². The van der Waals surface area contributed by atoms with E-state index >= 15 is 0 Å². The van der Waals surface area contributed by atoms with E-state index in [1.165, 1.54) is 49.0 Å². The van der Waals surface area contributed by atoms with Gasteiger partial charge < -0.3 is 53.4 Å². The number of aryl methyl sites for hydroxylation is 1. The van der Waals surface area contributed by atoms with E-state index in [4.69, 9.17) is 27.9 Å². The summed E-state index contributed by atoms with van der Waals surface area (Å²) in [6.45, 7) is 19.0. The Bertz CT molecular complexity index is 4000. The number of aliphatic carboxylic acids is 3. The van der Waals surface area contributed by atoms with Crippen LogP contribution in [0.2, 0.25) is 0 Å². The molecule has 95 heavy (non-hydrogen) atoms. The summed E-state index contributed by atoms with van der Waals surface area (Å²) in [6, 6.07) is 62.3. The molecule has 4 N–H and O–H groups in total. The molecule has 0 saturated carbocycles. The number of nitrogens with one attached hydrogen (secondary N) is 1. The number of para-hydroxylation sites is 1. The van der Waals surface area contributed by atoms with Crippen LogP contribution in [0.25, 0.3) is 22.3 Å². The Kier molecular flexibility index (Phi) is 26.0. The molecule has 3 atom stereocenters. The van der Waals surface area contributed by atoms with Gasteiger partial charge in [0, 0.05) is 28.6 Å². The molecule has 0 saturated heterocycles. The first-order chi connectivity index (χ1) is 45.4. The monoisotopic (exact) mass is 1330 g/mol. The molecule has 0 bridgehead atoms. The van der Waals surface area contributed by atoms with Crippen LogP contribution in [0.15, 0.2) is 216 Å². The summed E-state index contributed by atoms with van der Waals surface area (Å²) in [7, 11) is -3.52. The van der Waals surface area contributed by atoms with Gasteiger partial charge in [0.25, 0.3) is 0 Å². The molecule has 0 aromatic heterocycles. The lowest BCUT2D eigenvalue weighted by Gasteiger charge is -2.32. The SMILES string of the molecule is CCC(C)(Oc1ccc(NC/C=C(\C)c2ccc(-c3ccccc3)cc2)cc1)C(=O)O.CCC(C)(Oc1ccc(OCCCc2ccc(OS(C)(=O)=O)cc2)cc1)C(=O)O.CCN1c2ccccc2Sc2ccc(/C(C)=C/COc3ccc(OC(C)(CC)C(=O)O)cc3)cc21. The molecule has 9 rings (SSSR count). The van der Waals surface area contributed by atoms with E-state index in [-0.39, 0.29) is 5.75 Å². The summed E-state index contributed by atoms with van der Waals surface area (Å²) in [5, 5.41) is 31.4. The Labute approximate surface area is 563 Å². The zero-order valence-electron chi connectivity index (χ0n) is 55.6. The minimum Gasteiger partial charge on any atom is -0.494 e. The Morgan fingerprint density at radius 3 is 1.48 bits per heavy atom. The number of hydrogen-bond acceptors (Lipinski definition) is 14. The van der Waals surface area contributed by atoms with Gasteiger partial charge in [-0.25, -0.2) is 14.4 Å². The standard InChI is InChI=1S/C29H31NO4S.C27H29NO3.C21H26O7S/c1-5-29(4,28(31)32)34-23-14-12-22(13-15-23)33-18-17-20(3)21-11-16-27-25(19-21)30(6-2)24-9-7-8-10-26(24)35-27;1-4-27(3,26(29)30)31-25-16-14-24(15-17-25)28-19-18-20(2)21-10-12-23(13-11-21)22-8-6-5-7-9-22;1-4-21(2,20(22)23)27-18-13-11-17(12-14-18)26-15-5-6-16-7-9-19(10-8-16)28-29(3,24)25/h7-17,19H,5-6,18H2,1-4H3,(H,31,32);5-18,28H,4,19H2,1-3H3,(H,29,30);7-14H,4-6,15H2,1-3H3,(H,22,23)/b20-17+;20-18+;. The molecule has 1 aliphatic rings. The van der Waals surface area contributed by atoms with Crippen LogP contribution < -0.4 is 38.1 Å². The molecule has 16 nitrogen and oxygen atoms in total. The van der Waals surface area contributed by atoms with Crippen LogP contribution in [-0.4, -0.2) is 91.0 Å². The highest BCUT2D eigenvalue weighted by atomic mass is 32.2. The largest absolute Gasteiger partial charge is 0.494 e. The molecule has 0 amide bonds. The first-order valence-corrected chi connectivity index (χ1v) is 34.2. The summed E-state index contributed by atoms with van der Waals surface area (Å²) in [5.41, 5.74) is 7.89. The van der Waals surface area contributed by atoms with Crippen molar-refractivity contribution in [2.45, 2.75) is 121 Å². The fourth-order valence-corrected chi connectivity index (χ4v) is 11.1. The van der Waals surface area contributed by atoms with Crippen molar-refractivity contribution in [3.05, 3.63) is 223 Å². The van der Waals surface area contributed by atoms with Gasteiger partial charge in [0.1, 0.15) is 41.1 Å². The topological polar surface area (TPSA) is 217 Å². The number of carboxylic acid groups (broad SMARTS) is 3. The summed E-state index contributed by atoms with van der Waals surface area (Å²) < 4.78 is 55.5. The fraction of sp³-hybridized carbons (Fsp3) is 0.286. The van der Waals surface area contributed by atoms with Gasteiger partial charge >= 0.3 is 28.0 Å². The maximum absolute atomic E-state index is 11.5. The normalized spacial score (nSPS) is 13.8. The average Bonchev–Trinajstić information content (AvgIpc) is 0.779. The van der Waals surface area contributed by atoms with Crippen molar-refractivity contribution in [3.63, 3.8) is 0 Å². The quantitative estimate of drug-likeness (QED) is 0.0253. The number of carboxylic acids is 3. The maximum atomic E-state index is 11.5. The maximum Gasteiger partial charge on any atom is 0.347 e. The zero-order chi connectivity index (χ0) is 68.8. The van der Waals surface area contributed by atoms with Crippen molar-refractivity contribution in [1.82, 2.24) is 0 Å². The van der Waals surface area contributed by atoms with Crippen LogP contribution in [0.5, 0.6) is 34.5 Å². The van der Waals surface area contributed by atoms with Gasteiger partial charge in [-0.3, -0.25) is 0 Å². The second-order valence-corrected chi connectivity index (χ2v) is 25.9. The highest BCUT2D eigenvalue weighted by Gasteiger charge is 2.35. The number of hydrogen-bond donors (Lipinski definition) is 4. The average molecular weight is 1330 g/mol. The smallest absolute Gasteiger partial charge is 0.347 e. The number of anilines is 3. The fourth-order valence-electron chi connectivity index (χ4n) is 9.57. The molecule has 500 valence electrons. The molecule has 18 heteroatoms. The third-order valence-electron chi connectivity index (χ3n) is 16.2. The number of fused-ring (bicyclic) bond motifs is 2. The minimum absolute atomic E-state index is 0.289. The van der Waals surface area contributed by atoms with Crippen molar-refractivity contribution in [2.75, 3.05) is 42.8 Å². The molecule has 0 radical (unpaired) electrons. The molecule has 8 aromatic carbocycles. The molecule has 1 heterocycles. The number of ether oxygens (including phenoxy) is 5. The molecular formula is C77H86N2O14S2. The lowest BCUT2D eigenvalue weighted by molar-refractivity contribution is -0.154. The van der Waals surface area contributed by atoms with E-state index in [1.807, 2.05) is 54.2 Å². The van der Waals surface area contributed by atoms with Gasteiger partial charge in [0.2, 0.25) is 16.8 Å². The number of nitrogens with zero attached hydrogens (tertiary/aromatic N) is 1. The molecule has 1 aliphatic heterocycles. The zero-order valence-corrected chi connectivity index (χ0v) is 57.2. The lowest BCUT2D eigenvalue weighted by atomic mass is 10.0. The highest BCUT2D eigenvalue weighted by molar-refractivity contribution is 7.99. The number of benzene rings is 8. The number of allylic oxidation sites excluding steroid dienone is 2. The van der Waals surface area contributed by atoms with Crippen molar-refractivity contribution in [1.29, 1.82) is 0 Å². The van der Waals surface area contributed by atoms with Crippen LogP contribution in [0, 0.1) is 0 Å². The van der Waals surface area contributed by atoms with Gasteiger partial charge in [0.05, 0.1) is 24.2 Å². The van der Waals surface area contributed by atoms with Gasteiger partial charge in [0.15, 0.2) is 0 Å². The van der Waals surface area contributed by atoms with E-state index < -0.39 is 44.8 Å². The first-order valence-electron chi connectivity index (χ1n) is 31.6. The second-order valence-electron chi connectivity index (χ2n) is 23.2. The van der Waals surface area contributed by atoms with Crippen LogP contribution in [0.3, 0.4) is 0 Å². The Morgan fingerprint density at radius 2 is 0.968 bits per heavy atom. The summed E-state index contributed by atoms with van der Waals surface area (Å²) in [4.78, 5) is 39.1. The lowest BCUT2D eigenvalue weighted by Crippen LogP contribution is -2.40. The van der Waals surface area contributed by atoms with Gasteiger partial charge in [-0.1, -0.05) is 124 Å². The minimum atomic E-state index is -3.52. The van der Waals surface area contributed by atoms with E-state index in [2.05, 4.69) is 122 Å². The molecule has 8 aromatic rings. The van der Waals surface area contributed by atoms with E-state index in [0.29, 0.717) is 67.8 Å². The van der Waals surface area contributed by atoms with Crippen LogP contribution >= 0.6 is 11.8 Å². The molecular weight excluding hydrogens is 1240 g/mol. The van der Waals surface area contributed by atoms with Crippen LogP contribution in [-0.2, 0) is 30.9 Å². The first kappa shape index (κ1) is 72.8. The Morgan fingerprint density at radius 1 is 0.516 bits per heavy atom. The second kappa shape index (κ2) is 34.0. The molecule has 0 aliphatic carbocycles. The summed E-state index contributed by atoms with van der Waals surface area (Å²) in [6.07, 6.45) is 7.89. The molecule has 3 unspecified atom stereocenters. The molecule has 0 fully saturated rings. The Hall–Kier alpha value is -9.65. The van der Waals surface area contributed by atoms with E-state index in [0.717, 1.165) is 42.5 Å².